The third-order valence-corrected chi connectivity index (χ3v) is 4.86. The highest BCUT2D eigenvalue weighted by molar-refractivity contribution is 6.31. The van der Waals surface area contributed by atoms with Gasteiger partial charge in [0, 0.05) is 10.7 Å². The molecule has 0 saturated heterocycles. The Labute approximate surface area is 172 Å². The van der Waals surface area contributed by atoms with Crippen molar-refractivity contribution in [2.75, 3.05) is 25.5 Å². The van der Waals surface area contributed by atoms with Crippen molar-refractivity contribution in [2.24, 2.45) is 0 Å². The van der Waals surface area contributed by atoms with E-state index in [0.717, 1.165) is 27.9 Å². The van der Waals surface area contributed by atoms with Crippen LogP contribution in [0.2, 0.25) is 5.02 Å². The molecule has 0 saturated carbocycles. The molecule has 6 heteroatoms. The van der Waals surface area contributed by atoms with E-state index >= 15 is 0 Å². The van der Waals surface area contributed by atoms with Crippen LogP contribution in [0.1, 0.15) is 35.2 Å². The molecule has 0 heterocycles. The number of nitrogens with zero attached hydrogens (tertiary/aromatic N) is 1. The molecule has 0 spiro atoms. The Morgan fingerprint density at radius 3 is 2.21 bits per heavy atom. The second-order valence-electron chi connectivity index (χ2n) is 7.30. The SMILES string of the molecule is Cc1cc(C)c(NC(=O)CN(C)CC(=O)NC(C)c2ccccc2Cl)c(C)c1. The number of amides is 2. The van der Waals surface area contributed by atoms with E-state index in [1.807, 2.05) is 58.0 Å². The Kier molecular flexibility index (Phi) is 7.61. The summed E-state index contributed by atoms with van der Waals surface area (Å²) in [5, 5.41) is 6.49. The Morgan fingerprint density at radius 2 is 1.61 bits per heavy atom. The zero-order valence-electron chi connectivity index (χ0n) is 17.1. The van der Waals surface area contributed by atoms with E-state index in [-0.39, 0.29) is 30.9 Å². The van der Waals surface area contributed by atoms with Gasteiger partial charge in [-0.05, 0) is 57.5 Å². The van der Waals surface area contributed by atoms with Crippen molar-refractivity contribution in [1.82, 2.24) is 10.2 Å². The molecule has 0 aromatic heterocycles. The largest absolute Gasteiger partial charge is 0.348 e. The van der Waals surface area contributed by atoms with Gasteiger partial charge in [-0.3, -0.25) is 14.5 Å². The van der Waals surface area contributed by atoms with E-state index in [9.17, 15) is 9.59 Å². The summed E-state index contributed by atoms with van der Waals surface area (Å²) in [6, 6.07) is 11.3. The molecule has 150 valence electrons. The van der Waals surface area contributed by atoms with Crippen LogP contribution in [0.4, 0.5) is 5.69 Å². The molecule has 1 atom stereocenters. The highest BCUT2D eigenvalue weighted by Gasteiger charge is 2.16. The predicted molar refractivity (Wildman–Crippen MR) is 115 cm³/mol. The van der Waals surface area contributed by atoms with Gasteiger partial charge in [-0.2, -0.15) is 0 Å². The lowest BCUT2D eigenvalue weighted by molar-refractivity contribution is -0.123. The van der Waals surface area contributed by atoms with Gasteiger partial charge in [-0.15, -0.1) is 0 Å². The maximum atomic E-state index is 12.4. The number of carbonyl (C=O) groups is 2. The molecule has 1 unspecified atom stereocenters. The van der Waals surface area contributed by atoms with E-state index in [2.05, 4.69) is 10.6 Å². The minimum absolute atomic E-state index is 0.119. The fourth-order valence-corrected chi connectivity index (χ4v) is 3.59. The monoisotopic (exact) mass is 401 g/mol. The Morgan fingerprint density at radius 1 is 1.04 bits per heavy atom. The van der Waals surface area contributed by atoms with Gasteiger partial charge in [-0.1, -0.05) is 47.5 Å². The lowest BCUT2D eigenvalue weighted by Gasteiger charge is -2.20. The first-order valence-corrected chi connectivity index (χ1v) is 9.65. The third-order valence-electron chi connectivity index (χ3n) is 4.52. The van der Waals surface area contributed by atoms with Crippen LogP contribution in [0.3, 0.4) is 0 Å². The molecule has 0 bridgehead atoms. The number of hydrogen-bond donors (Lipinski definition) is 2. The van der Waals surface area contributed by atoms with Crippen LogP contribution < -0.4 is 10.6 Å². The number of aryl methyl sites for hydroxylation is 3. The van der Waals surface area contributed by atoms with E-state index in [4.69, 9.17) is 11.6 Å². The summed E-state index contributed by atoms with van der Waals surface area (Å²) < 4.78 is 0. The average Bonchev–Trinajstić information content (AvgIpc) is 2.58. The minimum Gasteiger partial charge on any atom is -0.348 e. The summed E-state index contributed by atoms with van der Waals surface area (Å²) in [5.41, 5.74) is 4.91. The summed E-state index contributed by atoms with van der Waals surface area (Å²) in [5.74, 6) is -0.310. The van der Waals surface area contributed by atoms with Crippen LogP contribution in [0.25, 0.3) is 0 Å². The van der Waals surface area contributed by atoms with Gasteiger partial charge in [0.2, 0.25) is 11.8 Å². The highest BCUT2D eigenvalue weighted by atomic mass is 35.5. The van der Waals surface area contributed by atoms with E-state index < -0.39 is 0 Å². The van der Waals surface area contributed by atoms with Crippen molar-refractivity contribution in [3.05, 3.63) is 63.7 Å². The molecule has 2 aromatic carbocycles. The second-order valence-corrected chi connectivity index (χ2v) is 7.71. The molecule has 0 radical (unpaired) electrons. The maximum Gasteiger partial charge on any atom is 0.238 e. The summed E-state index contributed by atoms with van der Waals surface area (Å²) in [4.78, 5) is 26.4. The van der Waals surface area contributed by atoms with Gasteiger partial charge in [0.25, 0.3) is 0 Å². The molecule has 0 fully saturated rings. The van der Waals surface area contributed by atoms with Gasteiger partial charge in [0.05, 0.1) is 19.1 Å². The number of rotatable bonds is 7. The average molecular weight is 402 g/mol. The number of nitrogens with one attached hydrogen (secondary N) is 2. The first kappa shape index (κ1) is 21.9. The van der Waals surface area contributed by atoms with E-state index in [1.165, 1.54) is 0 Å². The Hall–Kier alpha value is -2.37. The fourth-order valence-electron chi connectivity index (χ4n) is 3.29. The first-order chi connectivity index (χ1) is 13.2. The lowest BCUT2D eigenvalue weighted by atomic mass is 10.1. The quantitative estimate of drug-likeness (QED) is 0.736. The summed E-state index contributed by atoms with van der Waals surface area (Å²) in [6.45, 7) is 8.11. The van der Waals surface area contributed by atoms with Crippen LogP contribution in [0, 0.1) is 20.8 Å². The minimum atomic E-state index is -0.207. The molecular weight excluding hydrogens is 374 g/mol. The zero-order chi connectivity index (χ0) is 20.8. The number of anilines is 1. The molecule has 5 nitrogen and oxygen atoms in total. The molecule has 0 aliphatic rings. The number of hydrogen-bond acceptors (Lipinski definition) is 3. The van der Waals surface area contributed by atoms with Crippen molar-refractivity contribution >= 4 is 29.1 Å². The van der Waals surface area contributed by atoms with Gasteiger partial charge >= 0.3 is 0 Å². The number of likely N-dealkylation sites (N-methyl/N-ethyl adjacent to an activating group) is 1. The number of carbonyl (C=O) groups excluding carboxylic acids is 2. The summed E-state index contributed by atoms with van der Waals surface area (Å²) in [6.07, 6.45) is 0. The van der Waals surface area contributed by atoms with Crippen LogP contribution in [0.5, 0.6) is 0 Å². The van der Waals surface area contributed by atoms with Crippen LogP contribution in [-0.4, -0.2) is 36.9 Å². The topological polar surface area (TPSA) is 61.4 Å². The van der Waals surface area contributed by atoms with Crippen LogP contribution >= 0.6 is 11.6 Å². The molecule has 2 N–H and O–H groups in total. The smallest absolute Gasteiger partial charge is 0.238 e. The van der Waals surface area contributed by atoms with Gasteiger partial charge < -0.3 is 10.6 Å². The van der Waals surface area contributed by atoms with Crippen molar-refractivity contribution in [3.8, 4) is 0 Å². The third kappa shape index (κ3) is 6.08. The molecule has 2 rings (SSSR count). The summed E-state index contributed by atoms with van der Waals surface area (Å²) in [7, 11) is 1.74. The van der Waals surface area contributed by atoms with Crippen molar-refractivity contribution in [2.45, 2.75) is 33.7 Å². The standard InChI is InChI=1S/C22H28ClN3O2/c1-14-10-15(2)22(16(3)11-14)25-21(28)13-26(5)12-20(27)24-17(4)18-8-6-7-9-19(18)23/h6-11,17H,12-13H2,1-5H3,(H,24,27)(H,25,28). The zero-order valence-corrected chi connectivity index (χ0v) is 17.9. The predicted octanol–water partition coefficient (Wildman–Crippen LogP) is 4.01. The molecule has 28 heavy (non-hydrogen) atoms. The molecule has 0 aliphatic carbocycles. The molecular formula is C22H28ClN3O2. The summed E-state index contributed by atoms with van der Waals surface area (Å²) >= 11 is 6.17. The van der Waals surface area contributed by atoms with Gasteiger partial charge in [0.15, 0.2) is 0 Å². The Bertz CT molecular complexity index is 844. The highest BCUT2D eigenvalue weighted by Crippen LogP contribution is 2.22. The molecule has 0 aliphatic heterocycles. The van der Waals surface area contributed by atoms with Gasteiger partial charge in [-0.25, -0.2) is 0 Å². The number of benzene rings is 2. The van der Waals surface area contributed by atoms with Crippen LogP contribution in [-0.2, 0) is 9.59 Å². The van der Waals surface area contributed by atoms with E-state index in [1.54, 1.807) is 18.0 Å². The lowest BCUT2D eigenvalue weighted by Crippen LogP contribution is -2.39. The Balaban J connectivity index is 1.87. The fraction of sp³-hybridized carbons (Fsp3) is 0.364. The normalized spacial score (nSPS) is 12.0. The molecule has 2 amide bonds. The number of halogens is 1. The van der Waals surface area contributed by atoms with Gasteiger partial charge in [0.1, 0.15) is 0 Å². The maximum absolute atomic E-state index is 12.4. The second kappa shape index (κ2) is 9.71. The van der Waals surface area contributed by atoms with Crippen LogP contribution in [0.15, 0.2) is 36.4 Å². The van der Waals surface area contributed by atoms with Crippen molar-refractivity contribution in [3.63, 3.8) is 0 Å². The van der Waals surface area contributed by atoms with E-state index in [0.29, 0.717) is 5.02 Å². The van der Waals surface area contributed by atoms with Crippen molar-refractivity contribution in [1.29, 1.82) is 0 Å². The first-order valence-electron chi connectivity index (χ1n) is 9.27. The van der Waals surface area contributed by atoms with Crippen molar-refractivity contribution < 1.29 is 9.59 Å². The molecule has 2 aromatic rings.